The lowest BCUT2D eigenvalue weighted by molar-refractivity contribution is 0.0966. The minimum atomic E-state index is -0.131. The number of hydroxylamine groups is 1. The molecule has 1 N–H and O–H groups in total. The van der Waals surface area contributed by atoms with Crippen LogP contribution in [0.3, 0.4) is 0 Å². The molecule has 0 spiro atoms. The molecule has 0 saturated heterocycles. The highest BCUT2D eigenvalue weighted by Crippen LogP contribution is 2.14. The summed E-state index contributed by atoms with van der Waals surface area (Å²) in [6.45, 7) is -0.0638. The maximum absolute atomic E-state index is 11.9. The van der Waals surface area contributed by atoms with Crippen molar-refractivity contribution in [1.29, 1.82) is 0 Å². The van der Waals surface area contributed by atoms with Crippen molar-refractivity contribution in [2.24, 2.45) is 0 Å². The monoisotopic (exact) mass is 305 g/mol. The first-order valence-corrected chi connectivity index (χ1v) is 6.26. The van der Waals surface area contributed by atoms with Gasteiger partial charge in [0.1, 0.15) is 6.54 Å². The number of para-hydroxylation sites is 1. The van der Waals surface area contributed by atoms with Crippen LogP contribution < -0.4 is 5.06 Å². The minimum absolute atomic E-state index is 0.0638. The molecule has 2 aromatic carbocycles. The quantitative estimate of drug-likeness (QED) is 0.694. The van der Waals surface area contributed by atoms with Crippen molar-refractivity contribution in [2.45, 2.75) is 0 Å². The van der Waals surface area contributed by atoms with Gasteiger partial charge in [0.15, 0.2) is 5.78 Å². The fraction of sp³-hybridized carbons (Fsp3) is 0.0714. The smallest absolute Gasteiger partial charge is 0.184 e. The lowest BCUT2D eigenvalue weighted by atomic mass is 10.1. The Kier molecular flexibility index (Phi) is 4.12. The van der Waals surface area contributed by atoms with Crippen molar-refractivity contribution in [3.05, 3.63) is 64.6 Å². The average Bonchev–Trinajstić information content (AvgIpc) is 2.40. The first-order valence-electron chi connectivity index (χ1n) is 5.47. The molecule has 92 valence electrons. The van der Waals surface area contributed by atoms with Crippen molar-refractivity contribution in [2.75, 3.05) is 11.6 Å². The van der Waals surface area contributed by atoms with Crippen molar-refractivity contribution in [3.63, 3.8) is 0 Å². The van der Waals surface area contributed by atoms with Gasteiger partial charge < -0.3 is 0 Å². The average molecular weight is 306 g/mol. The number of hydrogen-bond acceptors (Lipinski definition) is 3. The molecule has 0 heterocycles. The Labute approximate surface area is 114 Å². The SMILES string of the molecule is O=C(CN(O)c1ccccc1)c1ccc(Br)cc1. The number of carbonyl (C=O) groups is 1. The molecule has 0 unspecified atom stereocenters. The van der Waals surface area contributed by atoms with Gasteiger partial charge >= 0.3 is 0 Å². The Hall–Kier alpha value is -1.65. The summed E-state index contributed by atoms with van der Waals surface area (Å²) in [6, 6.07) is 16.0. The predicted molar refractivity (Wildman–Crippen MR) is 74.0 cm³/mol. The highest BCUT2D eigenvalue weighted by molar-refractivity contribution is 9.10. The van der Waals surface area contributed by atoms with Crippen LogP contribution in [0, 0.1) is 0 Å². The van der Waals surface area contributed by atoms with E-state index >= 15 is 0 Å². The molecule has 0 aliphatic carbocycles. The molecule has 2 rings (SSSR count). The fourth-order valence-electron chi connectivity index (χ4n) is 1.55. The van der Waals surface area contributed by atoms with E-state index in [1.165, 1.54) is 0 Å². The molecule has 0 atom stereocenters. The molecule has 4 heteroatoms. The number of hydrogen-bond donors (Lipinski definition) is 1. The second-order valence-electron chi connectivity index (χ2n) is 3.82. The summed E-state index contributed by atoms with van der Waals surface area (Å²) in [5.41, 5.74) is 1.18. The lowest BCUT2D eigenvalue weighted by Crippen LogP contribution is -2.26. The number of nitrogens with zero attached hydrogens (tertiary/aromatic N) is 1. The third kappa shape index (κ3) is 3.18. The van der Waals surface area contributed by atoms with E-state index in [1.54, 1.807) is 36.4 Å². The van der Waals surface area contributed by atoms with Crippen LogP contribution in [0.5, 0.6) is 0 Å². The van der Waals surface area contributed by atoms with Gasteiger partial charge in [0, 0.05) is 10.0 Å². The second kappa shape index (κ2) is 5.80. The van der Waals surface area contributed by atoms with Crippen LogP contribution >= 0.6 is 15.9 Å². The summed E-state index contributed by atoms with van der Waals surface area (Å²) < 4.78 is 0.919. The van der Waals surface area contributed by atoms with Crippen LogP contribution in [0.2, 0.25) is 0 Å². The standard InChI is InChI=1S/C14H12BrNO2/c15-12-8-6-11(7-9-12)14(17)10-16(18)13-4-2-1-3-5-13/h1-9,18H,10H2. The van der Waals surface area contributed by atoms with E-state index in [4.69, 9.17) is 0 Å². The number of halogens is 1. The Bertz CT molecular complexity index is 525. The van der Waals surface area contributed by atoms with Crippen molar-refractivity contribution >= 4 is 27.4 Å². The van der Waals surface area contributed by atoms with Crippen LogP contribution in [0.4, 0.5) is 5.69 Å². The van der Waals surface area contributed by atoms with Crippen molar-refractivity contribution in [1.82, 2.24) is 0 Å². The molecule has 0 saturated carbocycles. The molecule has 0 aromatic heterocycles. The normalized spacial score (nSPS) is 10.1. The highest BCUT2D eigenvalue weighted by Gasteiger charge is 2.11. The zero-order chi connectivity index (χ0) is 13.0. The third-order valence-electron chi connectivity index (χ3n) is 2.51. The number of carbonyl (C=O) groups excluding carboxylic acids is 1. The van der Waals surface area contributed by atoms with E-state index in [0.717, 1.165) is 9.54 Å². The molecule has 0 aliphatic heterocycles. The molecule has 18 heavy (non-hydrogen) atoms. The summed E-state index contributed by atoms with van der Waals surface area (Å²) in [6.07, 6.45) is 0. The van der Waals surface area contributed by atoms with Crippen LogP contribution in [-0.4, -0.2) is 17.5 Å². The summed E-state index contributed by atoms with van der Waals surface area (Å²) in [7, 11) is 0. The molecule has 0 amide bonds. The maximum Gasteiger partial charge on any atom is 0.184 e. The zero-order valence-electron chi connectivity index (χ0n) is 9.58. The van der Waals surface area contributed by atoms with E-state index in [2.05, 4.69) is 15.9 Å². The topological polar surface area (TPSA) is 40.5 Å². The molecular formula is C14H12BrNO2. The van der Waals surface area contributed by atoms with Crippen molar-refractivity contribution in [3.8, 4) is 0 Å². The van der Waals surface area contributed by atoms with Gasteiger partial charge in [0.05, 0.1) is 5.69 Å². The van der Waals surface area contributed by atoms with E-state index in [1.807, 2.05) is 18.2 Å². The predicted octanol–water partition coefficient (Wildman–Crippen LogP) is 3.53. The Balaban J connectivity index is 2.06. The van der Waals surface area contributed by atoms with Gasteiger partial charge in [-0.25, -0.2) is 5.06 Å². The maximum atomic E-state index is 11.9. The summed E-state index contributed by atoms with van der Waals surface area (Å²) >= 11 is 3.31. The van der Waals surface area contributed by atoms with Gasteiger partial charge in [-0.2, -0.15) is 0 Å². The Morgan fingerprint density at radius 2 is 1.67 bits per heavy atom. The van der Waals surface area contributed by atoms with E-state index in [9.17, 15) is 10.0 Å². The Morgan fingerprint density at radius 1 is 1.06 bits per heavy atom. The van der Waals surface area contributed by atoms with Crippen LogP contribution in [0.25, 0.3) is 0 Å². The highest BCUT2D eigenvalue weighted by atomic mass is 79.9. The summed E-state index contributed by atoms with van der Waals surface area (Å²) in [5, 5.41) is 10.8. The number of Topliss-reactive ketones (excluding diaryl/α,β-unsaturated/α-hetero) is 1. The first kappa shape index (κ1) is 12.8. The van der Waals surface area contributed by atoms with Gasteiger partial charge in [0.25, 0.3) is 0 Å². The van der Waals surface area contributed by atoms with Gasteiger partial charge in [0.2, 0.25) is 0 Å². The molecule has 0 radical (unpaired) electrons. The Morgan fingerprint density at radius 3 is 2.28 bits per heavy atom. The summed E-state index contributed by atoms with van der Waals surface area (Å²) in [4.78, 5) is 11.9. The van der Waals surface area contributed by atoms with Crippen LogP contribution in [-0.2, 0) is 0 Å². The lowest BCUT2D eigenvalue weighted by Gasteiger charge is -2.15. The molecule has 0 bridgehead atoms. The molecule has 2 aromatic rings. The fourth-order valence-corrected chi connectivity index (χ4v) is 1.82. The zero-order valence-corrected chi connectivity index (χ0v) is 11.2. The van der Waals surface area contributed by atoms with Crippen LogP contribution in [0.15, 0.2) is 59.1 Å². The number of benzene rings is 2. The summed E-state index contributed by atoms with van der Waals surface area (Å²) in [5.74, 6) is -0.131. The minimum Gasteiger partial charge on any atom is -0.292 e. The molecule has 3 nitrogen and oxygen atoms in total. The van der Waals surface area contributed by atoms with E-state index < -0.39 is 0 Å². The van der Waals surface area contributed by atoms with Gasteiger partial charge in [-0.15, -0.1) is 0 Å². The van der Waals surface area contributed by atoms with Gasteiger partial charge in [-0.3, -0.25) is 10.0 Å². The molecular weight excluding hydrogens is 294 g/mol. The number of ketones is 1. The van der Waals surface area contributed by atoms with Crippen LogP contribution in [0.1, 0.15) is 10.4 Å². The largest absolute Gasteiger partial charge is 0.292 e. The van der Waals surface area contributed by atoms with E-state index in [0.29, 0.717) is 11.3 Å². The van der Waals surface area contributed by atoms with E-state index in [-0.39, 0.29) is 12.3 Å². The number of anilines is 1. The van der Waals surface area contributed by atoms with Crippen molar-refractivity contribution < 1.29 is 10.0 Å². The number of rotatable bonds is 4. The molecule has 0 aliphatic rings. The second-order valence-corrected chi connectivity index (χ2v) is 4.74. The van der Waals surface area contributed by atoms with Gasteiger partial charge in [-0.1, -0.05) is 46.3 Å². The third-order valence-corrected chi connectivity index (χ3v) is 3.04. The molecule has 0 fully saturated rings. The first-order chi connectivity index (χ1) is 8.66. The van der Waals surface area contributed by atoms with Gasteiger partial charge in [-0.05, 0) is 24.3 Å².